The van der Waals surface area contributed by atoms with Crippen LogP contribution < -0.4 is 0 Å². The highest BCUT2D eigenvalue weighted by atomic mass is 28.3. The molecule has 16 heavy (non-hydrogen) atoms. The van der Waals surface area contributed by atoms with Crippen LogP contribution in [-0.2, 0) is 0 Å². The third-order valence-corrected chi connectivity index (χ3v) is 3.71. The minimum Gasteiger partial charge on any atom is -0.258 e. The molecule has 0 heterocycles. The predicted molar refractivity (Wildman–Crippen MR) is 70.3 cm³/mol. The van der Waals surface area contributed by atoms with Crippen LogP contribution in [0, 0.1) is 10.1 Å². The van der Waals surface area contributed by atoms with Gasteiger partial charge in [0.1, 0.15) is 0 Å². The molecule has 0 N–H and O–H groups in total. The smallest absolute Gasteiger partial charge is 0.258 e. The third kappa shape index (κ3) is 3.31. The monoisotopic (exact) mass is 235 g/mol. The molecule has 0 aliphatic carbocycles. The Morgan fingerprint density at radius 2 is 1.94 bits per heavy atom. The molecule has 0 saturated carbocycles. The van der Waals surface area contributed by atoms with Crippen LogP contribution in [0.5, 0.6) is 0 Å². The van der Waals surface area contributed by atoms with Gasteiger partial charge < -0.3 is 0 Å². The highest BCUT2D eigenvalue weighted by Crippen LogP contribution is 2.30. The molecule has 0 bridgehead atoms. The van der Waals surface area contributed by atoms with Crippen LogP contribution in [0.2, 0.25) is 25.7 Å². The molecule has 0 aromatic heterocycles. The molecular weight excluding hydrogens is 218 g/mol. The minimum absolute atomic E-state index is 0.158. The molecule has 0 radical (unpaired) electrons. The van der Waals surface area contributed by atoms with Crippen molar-refractivity contribution in [2.75, 3.05) is 0 Å². The second kappa shape index (κ2) is 4.61. The van der Waals surface area contributed by atoms with E-state index in [1.165, 1.54) is 6.07 Å². The highest BCUT2D eigenvalue weighted by molar-refractivity contribution is 6.77. The fourth-order valence-electron chi connectivity index (χ4n) is 1.67. The molecule has 0 fully saturated rings. The van der Waals surface area contributed by atoms with Crippen molar-refractivity contribution >= 4 is 19.3 Å². The Hall–Kier alpha value is -1.42. The molecule has 3 nitrogen and oxygen atoms in total. The van der Waals surface area contributed by atoms with Crippen LogP contribution in [0.15, 0.2) is 30.8 Å². The van der Waals surface area contributed by atoms with E-state index in [4.69, 9.17) is 0 Å². The molecule has 4 heteroatoms. The van der Waals surface area contributed by atoms with Crippen molar-refractivity contribution in [2.45, 2.75) is 25.7 Å². The number of para-hydroxylation sites is 1. The van der Waals surface area contributed by atoms with Crippen molar-refractivity contribution in [2.24, 2.45) is 0 Å². The molecule has 0 unspecified atom stereocenters. The number of allylic oxidation sites excluding steroid dienone is 1. The van der Waals surface area contributed by atoms with Crippen molar-refractivity contribution in [3.05, 3.63) is 46.5 Å². The van der Waals surface area contributed by atoms with Gasteiger partial charge in [0.25, 0.3) is 5.69 Å². The molecule has 1 aromatic carbocycles. The molecule has 0 spiro atoms. The molecule has 86 valence electrons. The van der Waals surface area contributed by atoms with E-state index in [0.29, 0.717) is 5.56 Å². The predicted octanol–water partition coefficient (Wildman–Crippen LogP) is 3.95. The van der Waals surface area contributed by atoms with Crippen molar-refractivity contribution < 1.29 is 4.92 Å². The average molecular weight is 235 g/mol. The van der Waals surface area contributed by atoms with E-state index in [1.807, 2.05) is 6.07 Å². The summed E-state index contributed by atoms with van der Waals surface area (Å²) in [6.45, 7) is 10.7. The maximum Gasteiger partial charge on any atom is 0.276 e. The van der Waals surface area contributed by atoms with Gasteiger partial charge in [0.15, 0.2) is 0 Å². The third-order valence-electron chi connectivity index (χ3n) is 2.23. The molecule has 1 rings (SSSR count). The van der Waals surface area contributed by atoms with Gasteiger partial charge in [-0.3, -0.25) is 10.1 Å². The first-order valence-electron chi connectivity index (χ1n) is 5.23. The van der Waals surface area contributed by atoms with E-state index in [2.05, 4.69) is 26.2 Å². The SMILES string of the molecule is C=C(C[Si](C)(C)C)c1ccccc1[N+](=O)[O-]. The number of nitro groups is 1. The van der Waals surface area contributed by atoms with E-state index in [-0.39, 0.29) is 10.6 Å². The zero-order chi connectivity index (χ0) is 12.3. The highest BCUT2D eigenvalue weighted by Gasteiger charge is 2.20. The van der Waals surface area contributed by atoms with Crippen molar-refractivity contribution in [1.29, 1.82) is 0 Å². The fourth-order valence-corrected chi connectivity index (χ4v) is 3.14. The zero-order valence-electron chi connectivity index (χ0n) is 9.99. The summed E-state index contributed by atoms with van der Waals surface area (Å²) >= 11 is 0. The summed E-state index contributed by atoms with van der Waals surface area (Å²) in [6, 6.07) is 7.70. The number of benzene rings is 1. The van der Waals surface area contributed by atoms with Crippen LogP contribution in [0.3, 0.4) is 0 Å². The van der Waals surface area contributed by atoms with E-state index >= 15 is 0 Å². The van der Waals surface area contributed by atoms with Gasteiger partial charge in [-0.25, -0.2) is 0 Å². The maximum absolute atomic E-state index is 10.9. The Morgan fingerprint density at radius 1 is 1.38 bits per heavy atom. The standard InChI is InChI=1S/C12H17NO2Si/c1-10(9-16(2,3)4)11-7-5-6-8-12(11)13(14)15/h5-8H,1,9H2,2-4H3. The largest absolute Gasteiger partial charge is 0.276 e. The summed E-state index contributed by atoms with van der Waals surface area (Å²) in [5.74, 6) is 0. The van der Waals surface area contributed by atoms with Gasteiger partial charge in [-0.15, -0.1) is 0 Å². The Morgan fingerprint density at radius 3 is 2.44 bits per heavy atom. The molecule has 0 saturated heterocycles. The van der Waals surface area contributed by atoms with Gasteiger partial charge in [0, 0.05) is 14.1 Å². The molecule has 1 aromatic rings. The summed E-state index contributed by atoms with van der Waals surface area (Å²) in [5, 5.41) is 10.9. The maximum atomic E-state index is 10.9. The summed E-state index contributed by atoms with van der Waals surface area (Å²) < 4.78 is 0. The van der Waals surface area contributed by atoms with Gasteiger partial charge in [0.2, 0.25) is 0 Å². The lowest BCUT2D eigenvalue weighted by molar-refractivity contribution is -0.385. The summed E-state index contributed by atoms with van der Waals surface area (Å²) in [4.78, 5) is 10.5. The quantitative estimate of drug-likeness (QED) is 0.450. The topological polar surface area (TPSA) is 43.1 Å². The first-order valence-corrected chi connectivity index (χ1v) is 8.93. The van der Waals surface area contributed by atoms with Gasteiger partial charge in [-0.05, 0) is 17.7 Å². The van der Waals surface area contributed by atoms with Gasteiger partial charge >= 0.3 is 0 Å². The van der Waals surface area contributed by atoms with Crippen LogP contribution >= 0.6 is 0 Å². The van der Waals surface area contributed by atoms with Crippen molar-refractivity contribution in [3.63, 3.8) is 0 Å². The van der Waals surface area contributed by atoms with Crippen LogP contribution in [0.4, 0.5) is 5.69 Å². The molecule has 0 amide bonds. The van der Waals surface area contributed by atoms with Gasteiger partial charge in [0.05, 0.1) is 10.5 Å². The lowest BCUT2D eigenvalue weighted by Gasteiger charge is -2.17. The van der Waals surface area contributed by atoms with E-state index in [9.17, 15) is 10.1 Å². The lowest BCUT2D eigenvalue weighted by Crippen LogP contribution is -2.19. The Labute approximate surface area is 97.0 Å². The number of rotatable bonds is 4. The second-order valence-electron chi connectivity index (χ2n) is 5.12. The number of hydrogen-bond acceptors (Lipinski definition) is 2. The second-order valence-corrected chi connectivity index (χ2v) is 10.6. The number of nitrogens with zero attached hydrogens (tertiary/aromatic N) is 1. The Kier molecular flexibility index (Phi) is 3.65. The van der Waals surface area contributed by atoms with E-state index < -0.39 is 8.07 Å². The summed E-state index contributed by atoms with van der Waals surface area (Å²) in [6.07, 6.45) is 0. The van der Waals surface area contributed by atoms with Crippen LogP contribution in [0.1, 0.15) is 5.56 Å². The normalized spacial score (nSPS) is 11.2. The summed E-state index contributed by atoms with van der Waals surface area (Å²) in [7, 11) is -1.28. The number of nitro benzene ring substituents is 1. The van der Waals surface area contributed by atoms with Gasteiger partial charge in [-0.1, -0.05) is 38.4 Å². The molecule has 0 aliphatic rings. The molecular formula is C12H17NO2Si. The Bertz CT molecular complexity index is 421. The van der Waals surface area contributed by atoms with E-state index in [1.54, 1.807) is 12.1 Å². The fraction of sp³-hybridized carbons (Fsp3) is 0.333. The van der Waals surface area contributed by atoms with Gasteiger partial charge in [-0.2, -0.15) is 0 Å². The first kappa shape index (κ1) is 12.6. The molecule has 0 atom stereocenters. The Balaban J connectivity index is 3.04. The molecule has 0 aliphatic heterocycles. The minimum atomic E-state index is -1.28. The zero-order valence-corrected chi connectivity index (χ0v) is 11.0. The van der Waals surface area contributed by atoms with Crippen molar-refractivity contribution in [3.8, 4) is 0 Å². The first-order chi connectivity index (χ1) is 7.31. The number of hydrogen-bond donors (Lipinski definition) is 0. The van der Waals surface area contributed by atoms with Crippen LogP contribution in [-0.4, -0.2) is 13.0 Å². The average Bonchev–Trinajstić information content (AvgIpc) is 2.15. The van der Waals surface area contributed by atoms with Crippen LogP contribution in [0.25, 0.3) is 5.57 Å². The lowest BCUT2D eigenvalue weighted by atomic mass is 10.1. The summed E-state index contributed by atoms with van der Waals surface area (Å²) in [5.41, 5.74) is 1.71. The van der Waals surface area contributed by atoms with Crippen molar-refractivity contribution in [1.82, 2.24) is 0 Å². The van der Waals surface area contributed by atoms with E-state index in [0.717, 1.165) is 11.6 Å².